The highest BCUT2D eigenvalue weighted by Crippen LogP contribution is 2.20. The first-order valence-electron chi connectivity index (χ1n) is 4.92. The summed E-state index contributed by atoms with van der Waals surface area (Å²) < 4.78 is 0. The maximum absolute atomic E-state index is 11.4. The zero-order valence-corrected chi connectivity index (χ0v) is 9.97. The highest BCUT2D eigenvalue weighted by atomic mass is 32.2. The topological polar surface area (TPSA) is 45.8 Å². The zero-order chi connectivity index (χ0) is 11.5. The fraction of sp³-hybridized carbons (Fsp3) is 0.167. The summed E-state index contributed by atoms with van der Waals surface area (Å²) in [5.41, 5.74) is 2.74. The number of rotatable bonds is 2. The second kappa shape index (κ2) is 4.53. The molecule has 1 N–H and O–H groups in total. The van der Waals surface area contributed by atoms with Gasteiger partial charge in [0.1, 0.15) is 0 Å². The number of aryl methyl sites for hydroxylation is 1. The van der Waals surface area contributed by atoms with E-state index in [1.165, 1.54) is 17.8 Å². The molecule has 1 aromatic heterocycles. The van der Waals surface area contributed by atoms with Crippen LogP contribution < -0.4 is 5.56 Å². The minimum atomic E-state index is -0.113. The van der Waals surface area contributed by atoms with E-state index in [0.717, 1.165) is 16.8 Å². The van der Waals surface area contributed by atoms with Crippen LogP contribution in [0.15, 0.2) is 40.3 Å². The number of nitrogens with zero attached hydrogens (tertiary/aromatic N) is 1. The zero-order valence-electron chi connectivity index (χ0n) is 9.15. The molecule has 4 heteroatoms. The van der Waals surface area contributed by atoms with Gasteiger partial charge in [0.25, 0.3) is 5.56 Å². The van der Waals surface area contributed by atoms with Crippen molar-refractivity contribution in [2.24, 2.45) is 0 Å². The van der Waals surface area contributed by atoms with Crippen LogP contribution in [0.3, 0.4) is 0 Å². The molecule has 0 aliphatic carbocycles. The van der Waals surface area contributed by atoms with Gasteiger partial charge >= 0.3 is 0 Å². The van der Waals surface area contributed by atoms with Crippen molar-refractivity contribution >= 4 is 11.8 Å². The summed E-state index contributed by atoms with van der Waals surface area (Å²) in [6.07, 6.45) is 1.89. The third-order valence-electron chi connectivity index (χ3n) is 2.33. The first kappa shape index (κ1) is 11.0. The Kier molecular flexibility index (Phi) is 3.10. The van der Waals surface area contributed by atoms with Gasteiger partial charge in [-0.2, -0.15) is 0 Å². The molecule has 0 aliphatic heterocycles. The first-order valence-corrected chi connectivity index (χ1v) is 6.14. The fourth-order valence-corrected chi connectivity index (χ4v) is 1.92. The molecule has 0 amide bonds. The van der Waals surface area contributed by atoms with Gasteiger partial charge in [-0.15, -0.1) is 0 Å². The van der Waals surface area contributed by atoms with Gasteiger partial charge in [0.2, 0.25) is 0 Å². The van der Waals surface area contributed by atoms with Gasteiger partial charge in [-0.1, -0.05) is 36.0 Å². The van der Waals surface area contributed by atoms with Crippen LogP contribution in [-0.2, 0) is 0 Å². The van der Waals surface area contributed by atoms with Crippen molar-refractivity contribution in [3.63, 3.8) is 0 Å². The summed E-state index contributed by atoms with van der Waals surface area (Å²) in [5, 5.41) is 0.644. The number of H-pyrrole nitrogens is 1. The molecule has 0 spiro atoms. The molecule has 82 valence electrons. The van der Waals surface area contributed by atoms with E-state index < -0.39 is 0 Å². The van der Waals surface area contributed by atoms with E-state index >= 15 is 0 Å². The second-order valence-electron chi connectivity index (χ2n) is 3.45. The maximum atomic E-state index is 11.4. The lowest BCUT2D eigenvalue weighted by Gasteiger charge is -2.05. The number of aromatic nitrogens is 2. The fourth-order valence-electron chi connectivity index (χ4n) is 1.53. The standard InChI is InChI=1S/C12H12N2OS/c1-8-5-3-4-6-9(8)10-7-11(15)14-12(13-10)16-2/h3-7H,1-2H3,(H,13,14,15). The van der Waals surface area contributed by atoms with Crippen LogP contribution in [0.25, 0.3) is 11.3 Å². The molecule has 0 saturated heterocycles. The lowest BCUT2D eigenvalue weighted by atomic mass is 10.1. The van der Waals surface area contributed by atoms with E-state index in [9.17, 15) is 4.79 Å². The molecule has 0 radical (unpaired) electrons. The summed E-state index contributed by atoms with van der Waals surface area (Å²) in [7, 11) is 0. The highest BCUT2D eigenvalue weighted by Gasteiger charge is 2.05. The predicted octanol–water partition coefficient (Wildman–Crippen LogP) is 2.47. The van der Waals surface area contributed by atoms with Crippen molar-refractivity contribution in [1.29, 1.82) is 0 Å². The quantitative estimate of drug-likeness (QED) is 0.639. The highest BCUT2D eigenvalue weighted by molar-refractivity contribution is 7.98. The van der Waals surface area contributed by atoms with Crippen LogP contribution in [0.2, 0.25) is 0 Å². The Hall–Kier alpha value is -1.55. The maximum Gasteiger partial charge on any atom is 0.252 e. The summed E-state index contributed by atoms with van der Waals surface area (Å²) in [5.74, 6) is 0. The SMILES string of the molecule is CSc1nc(-c2ccccc2C)cc(=O)[nH]1. The number of benzene rings is 1. The summed E-state index contributed by atoms with van der Waals surface area (Å²) in [4.78, 5) is 18.5. The van der Waals surface area contributed by atoms with E-state index in [-0.39, 0.29) is 5.56 Å². The first-order chi connectivity index (χ1) is 7.70. The number of thioether (sulfide) groups is 1. The molecule has 16 heavy (non-hydrogen) atoms. The molecule has 0 aliphatic rings. The molecule has 0 bridgehead atoms. The van der Waals surface area contributed by atoms with Gasteiger partial charge in [0.15, 0.2) is 5.16 Å². The molecule has 3 nitrogen and oxygen atoms in total. The lowest BCUT2D eigenvalue weighted by Crippen LogP contribution is -2.08. The Labute approximate surface area is 97.9 Å². The molecule has 1 aromatic carbocycles. The van der Waals surface area contributed by atoms with Crippen LogP contribution in [0.4, 0.5) is 0 Å². The molecular weight excluding hydrogens is 220 g/mol. The number of aromatic amines is 1. The minimum absolute atomic E-state index is 0.113. The summed E-state index contributed by atoms with van der Waals surface area (Å²) in [6, 6.07) is 9.44. The van der Waals surface area contributed by atoms with Crippen LogP contribution in [0.1, 0.15) is 5.56 Å². The van der Waals surface area contributed by atoms with E-state index in [4.69, 9.17) is 0 Å². The van der Waals surface area contributed by atoms with Crippen molar-refractivity contribution < 1.29 is 0 Å². The molecule has 0 fully saturated rings. The number of hydrogen-bond donors (Lipinski definition) is 1. The molecule has 2 rings (SSSR count). The van der Waals surface area contributed by atoms with Gasteiger partial charge in [-0.3, -0.25) is 4.79 Å². The Morgan fingerprint density at radius 1 is 1.31 bits per heavy atom. The molecule has 0 saturated carbocycles. The minimum Gasteiger partial charge on any atom is -0.301 e. The van der Waals surface area contributed by atoms with E-state index in [1.54, 1.807) is 0 Å². The van der Waals surface area contributed by atoms with Crippen LogP contribution in [0.5, 0.6) is 0 Å². The molecule has 2 aromatic rings. The van der Waals surface area contributed by atoms with Gasteiger partial charge in [-0.05, 0) is 18.7 Å². The van der Waals surface area contributed by atoms with Crippen molar-refractivity contribution in [1.82, 2.24) is 9.97 Å². The number of hydrogen-bond acceptors (Lipinski definition) is 3. The molecule has 0 unspecified atom stereocenters. The van der Waals surface area contributed by atoms with Crippen molar-refractivity contribution in [3.8, 4) is 11.3 Å². The molecule has 1 heterocycles. The lowest BCUT2D eigenvalue weighted by molar-refractivity contribution is 0.944. The van der Waals surface area contributed by atoms with Crippen LogP contribution in [0, 0.1) is 6.92 Å². The smallest absolute Gasteiger partial charge is 0.252 e. The Bertz CT molecular complexity index is 563. The van der Waals surface area contributed by atoms with Crippen molar-refractivity contribution in [3.05, 3.63) is 46.2 Å². The van der Waals surface area contributed by atoms with Crippen LogP contribution in [-0.4, -0.2) is 16.2 Å². The van der Waals surface area contributed by atoms with Crippen molar-refractivity contribution in [2.45, 2.75) is 12.1 Å². The second-order valence-corrected chi connectivity index (χ2v) is 4.25. The van der Waals surface area contributed by atoms with Gasteiger partial charge in [0.05, 0.1) is 5.69 Å². The predicted molar refractivity (Wildman–Crippen MR) is 66.8 cm³/mol. The van der Waals surface area contributed by atoms with E-state index in [1.807, 2.05) is 37.4 Å². The molecular formula is C12H12N2OS. The average molecular weight is 232 g/mol. The largest absolute Gasteiger partial charge is 0.301 e. The normalized spacial score (nSPS) is 10.4. The van der Waals surface area contributed by atoms with Gasteiger partial charge in [0, 0.05) is 11.6 Å². The number of nitrogens with one attached hydrogen (secondary N) is 1. The Balaban J connectivity index is 2.60. The van der Waals surface area contributed by atoms with Gasteiger partial charge in [-0.25, -0.2) is 4.98 Å². The van der Waals surface area contributed by atoms with Crippen molar-refractivity contribution in [2.75, 3.05) is 6.26 Å². The summed E-state index contributed by atoms with van der Waals surface area (Å²) in [6.45, 7) is 2.01. The Morgan fingerprint density at radius 2 is 2.06 bits per heavy atom. The van der Waals surface area contributed by atoms with Gasteiger partial charge < -0.3 is 4.98 Å². The van der Waals surface area contributed by atoms with Crippen LogP contribution >= 0.6 is 11.8 Å². The average Bonchev–Trinajstić information content (AvgIpc) is 2.28. The monoisotopic (exact) mass is 232 g/mol. The summed E-state index contributed by atoms with van der Waals surface area (Å²) >= 11 is 1.43. The third kappa shape index (κ3) is 2.17. The Morgan fingerprint density at radius 3 is 2.75 bits per heavy atom. The third-order valence-corrected chi connectivity index (χ3v) is 2.91. The molecule has 0 atom stereocenters. The van der Waals surface area contributed by atoms with E-state index in [0.29, 0.717) is 5.16 Å². The van der Waals surface area contributed by atoms with E-state index in [2.05, 4.69) is 9.97 Å².